The molecule has 0 aliphatic heterocycles. The van der Waals surface area contributed by atoms with Crippen LogP contribution in [-0.4, -0.2) is 36.3 Å². The van der Waals surface area contributed by atoms with Gasteiger partial charge in [-0.25, -0.2) is 5.43 Å². The lowest BCUT2D eigenvalue weighted by Gasteiger charge is -2.12. The summed E-state index contributed by atoms with van der Waals surface area (Å²) >= 11 is 0. The standard InChI is InChI=1S/C22H21N3O4/c1-14(24-22(28)16-7-10-17(29-2)11-8-16)21(27)25-23-13-19-18-6-4-3-5-15(18)9-12-20(19)26/h3-14,26H,1-2H3,(H,24,28)(H,25,27). The van der Waals surface area contributed by atoms with Crippen molar-refractivity contribution in [3.05, 3.63) is 71.8 Å². The van der Waals surface area contributed by atoms with E-state index in [1.807, 2.05) is 24.3 Å². The molecule has 148 valence electrons. The van der Waals surface area contributed by atoms with E-state index < -0.39 is 11.9 Å². The van der Waals surface area contributed by atoms with Gasteiger partial charge in [-0.05, 0) is 48.0 Å². The highest BCUT2D eigenvalue weighted by Gasteiger charge is 2.16. The van der Waals surface area contributed by atoms with Crippen LogP contribution in [0.5, 0.6) is 11.5 Å². The maximum atomic E-state index is 12.2. The molecule has 0 radical (unpaired) electrons. The fourth-order valence-corrected chi connectivity index (χ4v) is 2.76. The summed E-state index contributed by atoms with van der Waals surface area (Å²) < 4.78 is 5.05. The van der Waals surface area contributed by atoms with Gasteiger partial charge in [0.1, 0.15) is 17.5 Å². The number of nitrogens with one attached hydrogen (secondary N) is 2. The molecule has 7 heteroatoms. The first-order chi connectivity index (χ1) is 14.0. The third-order valence-corrected chi connectivity index (χ3v) is 4.41. The summed E-state index contributed by atoms with van der Waals surface area (Å²) in [5, 5.41) is 18.4. The van der Waals surface area contributed by atoms with Crippen molar-refractivity contribution in [3.63, 3.8) is 0 Å². The average molecular weight is 391 g/mol. The molecule has 0 aromatic heterocycles. The highest BCUT2D eigenvalue weighted by atomic mass is 16.5. The van der Waals surface area contributed by atoms with Crippen LogP contribution in [0.3, 0.4) is 0 Å². The largest absolute Gasteiger partial charge is 0.507 e. The maximum Gasteiger partial charge on any atom is 0.262 e. The van der Waals surface area contributed by atoms with Gasteiger partial charge in [0.2, 0.25) is 0 Å². The Balaban J connectivity index is 1.63. The highest BCUT2D eigenvalue weighted by molar-refractivity contribution is 6.03. The van der Waals surface area contributed by atoms with Crippen LogP contribution in [0.1, 0.15) is 22.8 Å². The fraction of sp³-hybridized carbons (Fsp3) is 0.136. The lowest BCUT2D eigenvalue weighted by Crippen LogP contribution is -2.43. The summed E-state index contributed by atoms with van der Waals surface area (Å²) in [5.74, 6) is -0.172. The second-order valence-electron chi connectivity index (χ2n) is 6.38. The van der Waals surface area contributed by atoms with Gasteiger partial charge in [0.25, 0.3) is 11.8 Å². The van der Waals surface area contributed by atoms with Crippen LogP contribution in [-0.2, 0) is 4.79 Å². The molecule has 0 saturated carbocycles. The molecule has 29 heavy (non-hydrogen) atoms. The third-order valence-electron chi connectivity index (χ3n) is 4.41. The third kappa shape index (κ3) is 4.70. The Morgan fingerprint density at radius 3 is 2.52 bits per heavy atom. The first-order valence-corrected chi connectivity index (χ1v) is 8.98. The smallest absolute Gasteiger partial charge is 0.262 e. The molecule has 0 aliphatic carbocycles. The van der Waals surface area contributed by atoms with Crippen molar-refractivity contribution in [1.82, 2.24) is 10.7 Å². The van der Waals surface area contributed by atoms with Crippen molar-refractivity contribution in [3.8, 4) is 11.5 Å². The number of hydrogen-bond acceptors (Lipinski definition) is 5. The van der Waals surface area contributed by atoms with E-state index in [1.165, 1.54) is 6.21 Å². The predicted molar refractivity (Wildman–Crippen MR) is 111 cm³/mol. The molecule has 0 fully saturated rings. The zero-order valence-electron chi connectivity index (χ0n) is 16.0. The lowest BCUT2D eigenvalue weighted by molar-refractivity contribution is -0.122. The number of benzene rings is 3. The van der Waals surface area contributed by atoms with E-state index in [9.17, 15) is 14.7 Å². The first kappa shape index (κ1) is 19.9. The van der Waals surface area contributed by atoms with Gasteiger partial charge in [0.15, 0.2) is 0 Å². The Bertz CT molecular complexity index is 1060. The molecule has 3 aromatic carbocycles. The first-order valence-electron chi connectivity index (χ1n) is 8.98. The average Bonchev–Trinajstić information content (AvgIpc) is 2.75. The molecule has 1 unspecified atom stereocenters. The molecule has 0 saturated heterocycles. The zero-order chi connectivity index (χ0) is 20.8. The lowest BCUT2D eigenvalue weighted by atomic mass is 10.0. The summed E-state index contributed by atoms with van der Waals surface area (Å²) in [6.07, 6.45) is 1.38. The van der Waals surface area contributed by atoms with Crippen molar-refractivity contribution in [2.45, 2.75) is 13.0 Å². The van der Waals surface area contributed by atoms with Gasteiger partial charge < -0.3 is 15.2 Å². The summed E-state index contributed by atoms with van der Waals surface area (Å²) in [6.45, 7) is 1.56. The normalized spacial score (nSPS) is 11.9. The van der Waals surface area contributed by atoms with Crippen molar-refractivity contribution in [2.24, 2.45) is 5.10 Å². The summed E-state index contributed by atoms with van der Waals surface area (Å²) in [7, 11) is 1.54. The van der Waals surface area contributed by atoms with Crippen LogP contribution in [0, 0.1) is 0 Å². The number of phenols is 1. The number of amides is 2. The number of rotatable bonds is 6. The van der Waals surface area contributed by atoms with Crippen LogP contribution < -0.4 is 15.5 Å². The van der Waals surface area contributed by atoms with Gasteiger partial charge >= 0.3 is 0 Å². The Labute approximate surface area is 168 Å². The van der Waals surface area contributed by atoms with Gasteiger partial charge in [0, 0.05) is 11.1 Å². The molecule has 1 atom stereocenters. The predicted octanol–water partition coefficient (Wildman–Crippen LogP) is 2.82. The van der Waals surface area contributed by atoms with Gasteiger partial charge in [-0.3, -0.25) is 9.59 Å². The molecule has 0 bridgehead atoms. The molecule has 3 rings (SSSR count). The van der Waals surface area contributed by atoms with E-state index in [1.54, 1.807) is 50.4 Å². The second-order valence-corrected chi connectivity index (χ2v) is 6.38. The molecule has 0 aliphatic rings. The van der Waals surface area contributed by atoms with E-state index in [4.69, 9.17) is 4.74 Å². The molecule has 7 nitrogen and oxygen atoms in total. The SMILES string of the molecule is COc1ccc(C(=O)NC(C)C(=O)NN=Cc2c(O)ccc3ccccc23)cc1. The number of phenolic OH excluding ortho intramolecular Hbond substituents is 1. The maximum absolute atomic E-state index is 12.2. The topological polar surface area (TPSA) is 100 Å². The van der Waals surface area contributed by atoms with Crippen LogP contribution in [0.25, 0.3) is 10.8 Å². The minimum atomic E-state index is -0.803. The monoisotopic (exact) mass is 391 g/mol. The Hall–Kier alpha value is -3.87. The zero-order valence-corrected chi connectivity index (χ0v) is 16.0. The van der Waals surface area contributed by atoms with E-state index in [0.29, 0.717) is 16.9 Å². The number of hydrazone groups is 1. The number of nitrogens with zero attached hydrogens (tertiary/aromatic N) is 1. The van der Waals surface area contributed by atoms with Crippen molar-refractivity contribution in [2.75, 3.05) is 7.11 Å². The summed E-state index contributed by atoms with van der Waals surface area (Å²) in [4.78, 5) is 24.5. The molecular formula is C22H21N3O4. The number of hydrogen-bond donors (Lipinski definition) is 3. The number of ether oxygens (including phenoxy) is 1. The van der Waals surface area contributed by atoms with Crippen molar-refractivity contribution < 1.29 is 19.4 Å². The van der Waals surface area contributed by atoms with E-state index >= 15 is 0 Å². The highest BCUT2D eigenvalue weighted by Crippen LogP contribution is 2.25. The van der Waals surface area contributed by atoms with Gasteiger partial charge in [-0.2, -0.15) is 5.10 Å². The van der Waals surface area contributed by atoms with E-state index in [0.717, 1.165) is 10.8 Å². The number of carbonyl (C=O) groups excluding carboxylic acids is 2. The fourth-order valence-electron chi connectivity index (χ4n) is 2.76. The van der Waals surface area contributed by atoms with Crippen LogP contribution in [0.4, 0.5) is 0 Å². The van der Waals surface area contributed by atoms with Crippen molar-refractivity contribution >= 4 is 28.8 Å². The summed E-state index contributed by atoms with van der Waals surface area (Å²) in [6, 6.07) is 16.7. The second kappa shape index (κ2) is 8.88. The molecular weight excluding hydrogens is 370 g/mol. The van der Waals surface area contributed by atoms with Gasteiger partial charge in [-0.1, -0.05) is 30.3 Å². The number of fused-ring (bicyclic) bond motifs is 1. The van der Waals surface area contributed by atoms with Gasteiger partial charge in [-0.15, -0.1) is 0 Å². The number of aromatic hydroxyl groups is 1. The van der Waals surface area contributed by atoms with Crippen LogP contribution in [0.2, 0.25) is 0 Å². The molecule has 0 spiro atoms. The number of carbonyl (C=O) groups is 2. The minimum Gasteiger partial charge on any atom is -0.507 e. The van der Waals surface area contributed by atoms with E-state index in [2.05, 4.69) is 15.8 Å². The Kier molecular flexibility index (Phi) is 6.09. The molecule has 2 amide bonds. The summed E-state index contributed by atoms with van der Waals surface area (Å²) in [5.41, 5.74) is 3.29. The Morgan fingerprint density at radius 2 is 1.79 bits per heavy atom. The quantitative estimate of drug-likeness (QED) is 0.444. The van der Waals surface area contributed by atoms with E-state index in [-0.39, 0.29) is 11.7 Å². The molecule has 0 heterocycles. The minimum absolute atomic E-state index is 0.0579. The van der Waals surface area contributed by atoms with Crippen LogP contribution >= 0.6 is 0 Å². The van der Waals surface area contributed by atoms with Crippen LogP contribution in [0.15, 0.2) is 65.8 Å². The molecule has 3 aromatic rings. The Morgan fingerprint density at radius 1 is 1.07 bits per heavy atom. The van der Waals surface area contributed by atoms with Gasteiger partial charge in [0.05, 0.1) is 13.3 Å². The molecule has 3 N–H and O–H groups in total. The number of methoxy groups -OCH3 is 1. The van der Waals surface area contributed by atoms with Crippen molar-refractivity contribution in [1.29, 1.82) is 0 Å².